The van der Waals surface area contributed by atoms with Crippen molar-refractivity contribution in [3.8, 4) is 22.6 Å². The van der Waals surface area contributed by atoms with Crippen molar-refractivity contribution in [2.75, 3.05) is 18.8 Å². The van der Waals surface area contributed by atoms with E-state index in [4.69, 9.17) is 15.2 Å². The van der Waals surface area contributed by atoms with E-state index in [0.717, 1.165) is 57.7 Å². The Labute approximate surface area is 276 Å². The van der Waals surface area contributed by atoms with Crippen LogP contribution in [0, 0.1) is 6.92 Å². The summed E-state index contributed by atoms with van der Waals surface area (Å²) in [7, 11) is 0. The number of nitrogens with zero attached hydrogens (tertiary/aromatic N) is 1. The number of anilines is 1. The minimum absolute atomic E-state index is 0.0874. The molecule has 7 heteroatoms. The van der Waals surface area contributed by atoms with Crippen LogP contribution in [-0.4, -0.2) is 35.9 Å². The Hall–Kier alpha value is -5.56. The lowest BCUT2D eigenvalue weighted by Gasteiger charge is -2.32. The van der Waals surface area contributed by atoms with E-state index in [1.54, 1.807) is 0 Å². The maximum atomic E-state index is 12.8. The number of nitrogens with one attached hydrogen (secondary N) is 1. The van der Waals surface area contributed by atoms with E-state index in [0.29, 0.717) is 37.5 Å². The summed E-state index contributed by atoms with van der Waals surface area (Å²) in [6.45, 7) is 4.27. The van der Waals surface area contributed by atoms with Crippen LogP contribution in [0.15, 0.2) is 121 Å². The molecule has 0 spiro atoms. The van der Waals surface area contributed by atoms with Gasteiger partial charge in [-0.1, -0.05) is 66.2 Å². The van der Waals surface area contributed by atoms with E-state index in [2.05, 4.69) is 5.32 Å². The van der Waals surface area contributed by atoms with Crippen LogP contribution in [0.25, 0.3) is 11.1 Å². The van der Waals surface area contributed by atoms with Crippen molar-refractivity contribution in [2.45, 2.75) is 39.0 Å². The molecule has 0 radical (unpaired) electrons. The summed E-state index contributed by atoms with van der Waals surface area (Å²) in [5.74, 6) is 1.56. The number of carbonyl (C=O) groups is 2. The molecule has 2 amide bonds. The first kappa shape index (κ1) is 31.4. The van der Waals surface area contributed by atoms with Gasteiger partial charge in [0.1, 0.15) is 24.2 Å². The molecular formula is C40H39N3O4. The number of likely N-dealkylation sites (tertiary alicyclic amines) is 1. The smallest absolute Gasteiger partial charge is 0.253 e. The Bertz CT molecular complexity index is 1790. The number of rotatable bonds is 10. The Morgan fingerprint density at radius 1 is 0.745 bits per heavy atom. The number of piperidine rings is 1. The Morgan fingerprint density at radius 3 is 2.02 bits per heavy atom. The topological polar surface area (TPSA) is 93.9 Å². The van der Waals surface area contributed by atoms with Gasteiger partial charge in [0.2, 0.25) is 0 Å². The fraction of sp³-hybridized carbons (Fsp3) is 0.200. The minimum atomic E-state index is -0.130. The molecule has 47 heavy (non-hydrogen) atoms. The zero-order valence-electron chi connectivity index (χ0n) is 26.5. The maximum absolute atomic E-state index is 12.8. The second-order valence-corrected chi connectivity index (χ2v) is 11.9. The Kier molecular flexibility index (Phi) is 9.82. The molecule has 0 atom stereocenters. The maximum Gasteiger partial charge on any atom is 0.253 e. The van der Waals surface area contributed by atoms with E-state index in [1.807, 2.05) is 133 Å². The largest absolute Gasteiger partial charge is 0.490 e. The van der Waals surface area contributed by atoms with Crippen molar-refractivity contribution in [3.05, 3.63) is 149 Å². The molecule has 1 saturated heterocycles. The predicted octanol–water partition coefficient (Wildman–Crippen LogP) is 7.44. The van der Waals surface area contributed by atoms with Gasteiger partial charge < -0.3 is 25.4 Å². The fourth-order valence-electron chi connectivity index (χ4n) is 5.62. The highest BCUT2D eigenvalue weighted by Gasteiger charge is 2.24. The molecule has 5 aromatic carbocycles. The molecule has 0 unspecified atom stereocenters. The van der Waals surface area contributed by atoms with E-state index in [-0.39, 0.29) is 17.9 Å². The number of ether oxygens (including phenoxy) is 2. The quantitative estimate of drug-likeness (QED) is 0.157. The number of benzene rings is 5. The molecule has 1 fully saturated rings. The summed E-state index contributed by atoms with van der Waals surface area (Å²) < 4.78 is 12.3. The van der Waals surface area contributed by atoms with Crippen LogP contribution in [0.3, 0.4) is 0 Å². The first-order chi connectivity index (χ1) is 22.9. The van der Waals surface area contributed by atoms with Crippen molar-refractivity contribution >= 4 is 17.5 Å². The lowest BCUT2D eigenvalue weighted by Crippen LogP contribution is -2.41. The van der Waals surface area contributed by atoms with E-state index in [9.17, 15) is 9.59 Å². The second kappa shape index (κ2) is 14.7. The number of nitrogen functional groups attached to an aromatic ring is 1. The van der Waals surface area contributed by atoms with Crippen LogP contribution in [-0.2, 0) is 13.2 Å². The average molecular weight is 626 g/mol. The van der Waals surface area contributed by atoms with Crippen LogP contribution in [0.5, 0.6) is 11.5 Å². The van der Waals surface area contributed by atoms with E-state index in [1.165, 1.54) is 0 Å². The van der Waals surface area contributed by atoms with Gasteiger partial charge in [0.05, 0.1) is 0 Å². The molecule has 5 aromatic rings. The number of aryl methyl sites for hydroxylation is 1. The van der Waals surface area contributed by atoms with Crippen LogP contribution in [0.4, 0.5) is 5.69 Å². The van der Waals surface area contributed by atoms with Crippen molar-refractivity contribution in [1.82, 2.24) is 10.2 Å². The van der Waals surface area contributed by atoms with Crippen molar-refractivity contribution < 1.29 is 19.1 Å². The van der Waals surface area contributed by atoms with Gasteiger partial charge in [-0.3, -0.25) is 9.59 Å². The van der Waals surface area contributed by atoms with Gasteiger partial charge >= 0.3 is 0 Å². The van der Waals surface area contributed by atoms with Crippen molar-refractivity contribution in [3.63, 3.8) is 0 Å². The summed E-state index contributed by atoms with van der Waals surface area (Å²) in [5.41, 5.74) is 13.0. The third kappa shape index (κ3) is 8.38. The third-order valence-corrected chi connectivity index (χ3v) is 8.40. The Morgan fingerprint density at radius 2 is 1.36 bits per heavy atom. The summed E-state index contributed by atoms with van der Waals surface area (Å²) in [6, 6.07) is 38.7. The van der Waals surface area contributed by atoms with Gasteiger partial charge in [0, 0.05) is 49.3 Å². The number of carbonyl (C=O) groups excluding carboxylic acids is 2. The summed E-state index contributed by atoms with van der Waals surface area (Å²) in [5, 5.41) is 2.94. The number of amides is 2. The lowest BCUT2D eigenvalue weighted by atomic mass is 10.0. The molecule has 0 saturated carbocycles. The second-order valence-electron chi connectivity index (χ2n) is 11.9. The molecular weight excluding hydrogens is 586 g/mol. The average Bonchev–Trinajstić information content (AvgIpc) is 3.11. The van der Waals surface area contributed by atoms with Crippen LogP contribution < -0.4 is 20.5 Å². The van der Waals surface area contributed by atoms with Crippen molar-refractivity contribution in [2.24, 2.45) is 0 Å². The third-order valence-electron chi connectivity index (χ3n) is 8.40. The van der Waals surface area contributed by atoms with Crippen LogP contribution in [0.2, 0.25) is 0 Å². The highest BCUT2D eigenvalue weighted by molar-refractivity contribution is 5.95. The molecule has 1 heterocycles. The highest BCUT2D eigenvalue weighted by atomic mass is 16.5. The highest BCUT2D eigenvalue weighted by Crippen LogP contribution is 2.25. The van der Waals surface area contributed by atoms with Crippen LogP contribution in [0.1, 0.15) is 50.2 Å². The molecule has 3 N–H and O–H groups in total. The molecule has 7 nitrogen and oxygen atoms in total. The molecule has 0 aromatic heterocycles. The summed E-state index contributed by atoms with van der Waals surface area (Å²) >= 11 is 0. The van der Waals surface area contributed by atoms with Gasteiger partial charge in [0.25, 0.3) is 11.8 Å². The molecule has 0 aliphatic carbocycles. The van der Waals surface area contributed by atoms with Gasteiger partial charge in [-0.2, -0.15) is 0 Å². The molecule has 1 aliphatic heterocycles. The molecule has 6 rings (SSSR count). The zero-order chi connectivity index (χ0) is 32.6. The van der Waals surface area contributed by atoms with Gasteiger partial charge in [-0.25, -0.2) is 0 Å². The summed E-state index contributed by atoms with van der Waals surface area (Å²) in [6.07, 6.45) is 1.71. The monoisotopic (exact) mass is 625 g/mol. The number of hydrogen-bond acceptors (Lipinski definition) is 5. The normalized spacial score (nSPS) is 13.2. The predicted molar refractivity (Wildman–Crippen MR) is 185 cm³/mol. The Balaban J connectivity index is 0.937. The van der Waals surface area contributed by atoms with Gasteiger partial charge in [-0.05, 0) is 89.8 Å². The first-order valence-electron chi connectivity index (χ1n) is 16.0. The van der Waals surface area contributed by atoms with Gasteiger partial charge in [0.15, 0.2) is 0 Å². The van der Waals surface area contributed by atoms with E-state index >= 15 is 0 Å². The zero-order valence-corrected chi connectivity index (χ0v) is 26.5. The number of hydrogen-bond donors (Lipinski definition) is 2. The minimum Gasteiger partial charge on any atom is -0.490 e. The number of nitrogens with two attached hydrogens (primary N) is 1. The SMILES string of the molecule is Cc1ccc(C(=O)N2CCC(Oc3ccc(COc4ccc(-c5ccc(C(=O)NCc6cccc(N)c6)cc5)cc4)cc3)CC2)cc1. The standard InChI is InChI=1S/C40H39N3O4/c1-28-5-9-34(10-6-28)40(45)43-23-21-38(22-24-43)47-37-17-7-29(8-18-37)27-46-36-19-15-32(16-20-36)31-11-13-33(14-12-31)39(44)42-26-30-3-2-4-35(41)25-30/h2-20,25,38H,21-24,26-27,41H2,1H3,(H,42,44). The summed E-state index contributed by atoms with van der Waals surface area (Å²) in [4.78, 5) is 27.3. The lowest BCUT2D eigenvalue weighted by molar-refractivity contribution is 0.0595. The molecule has 238 valence electrons. The fourth-order valence-corrected chi connectivity index (χ4v) is 5.62. The van der Waals surface area contributed by atoms with Gasteiger partial charge in [-0.15, -0.1) is 0 Å². The van der Waals surface area contributed by atoms with E-state index < -0.39 is 0 Å². The molecule has 0 bridgehead atoms. The van der Waals surface area contributed by atoms with Crippen LogP contribution >= 0.6 is 0 Å². The van der Waals surface area contributed by atoms with Crippen molar-refractivity contribution in [1.29, 1.82) is 0 Å². The first-order valence-corrected chi connectivity index (χ1v) is 16.0. The molecule has 1 aliphatic rings.